The molecule has 158 valence electrons. The van der Waals surface area contributed by atoms with Crippen LogP contribution in [0, 0.1) is 6.92 Å². The van der Waals surface area contributed by atoms with Gasteiger partial charge in [-0.1, -0.05) is 17.7 Å². The second kappa shape index (κ2) is 9.89. The maximum Gasteiger partial charge on any atom is 0.312 e. The molecule has 3 rings (SSSR count). The van der Waals surface area contributed by atoms with Crippen molar-refractivity contribution in [2.24, 2.45) is 0 Å². The molecule has 8 nitrogen and oxygen atoms in total. The molecule has 2 aromatic carbocycles. The van der Waals surface area contributed by atoms with Crippen LogP contribution in [0.25, 0.3) is 0 Å². The first-order valence-electron chi connectivity index (χ1n) is 9.78. The van der Waals surface area contributed by atoms with Crippen LogP contribution in [-0.2, 0) is 19.1 Å². The fourth-order valence-corrected chi connectivity index (χ4v) is 3.29. The molecule has 1 aliphatic rings. The van der Waals surface area contributed by atoms with E-state index in [-0.39, 0.29) is 24.8 Å². The molecular weight excluding hydrogens is 386 g/mol. The van der Waals surface area contributed by atoms with E-state index in [9.17, 15) is 14.4 Å². The largest absolute Gasteiger partial charge is 0.469 e. The standard InChI is InChI=1S/C22H25N3O5/c1-15-3-7-17(8-4-15)30-18-9-5-16(6-10-18)24-20(26)14-25-12-11-23-22(28)19(25)13-21(27)29-2/h3-10,19H,11-14H2,1-2H3,(H,23,28)(H,24,26)/p+1/t19-/m1/s1. The Morgan fingerprint density at radius 2 is 1.73 bits per heavy atom. The maximum atomic E-state index is 12.5. The molecule has 0 aliphatic carbocycles. The van der Waals surface area contributed by atoms with Gasteiger partial charge in [0.2, 0.25) is 0 Å². The SMILES string of the molecule is COC(=O)C[C@@H]1C(=O)NCC[NH+]1CC(=O)Nc1ccc(Oc2ccc(C)cc2)cc1. The number of hydrogen-bond acceptors (Lipinski definition) is 5. The number of aryl methyl sites for hydroxylation is 1. The van der Waals surface area contributed by atoms with Gasteiger partial charge in [-0.2, -0.15) is 0 Å². The topological polar surface area (TPSA) is 98.2 Å². The monoisotopic (exact) mass is 412 g/mol. The third kappa shape index (κ3) is 5.81. The van der Waals surface area contributed by atoms with Crippen LogP contribution in [0.5, 0.6) is 11.5 Å². The Bertz CT molecular complexity index is 896. The first-order valence-corrected chi connectivity index (χ1v) is 9.78. The molecule has 8 heteroatoms. The van der Waals surface area contributed by atoms with Gasteiger partial charge < -0.3 is 25.0 Å². The Hall–Kier alpha value is -3.39. The van der Waals surface area contributed by atoms with Crippen LogP contribution in [0.2, 0.25) is 0 Å². The number of rotatable bonds is 7. The van der Waals surface area contributed by atoms with E-state index in [4.69, 9.17) is 4.74 Å². The third-order valence-corrected chi connectivity index (χ3v) is 4.94. The molecule has 1 saturated heterocycles. The Balaban J connectivity index is 1.56. The highest BCUT2D eigenvalue weighted by molar-refractivity contribution is 5.92. The summed E-state index contributed by atoms with van der Waals surface area (Å²) >= 11 is 0. The number of piperazine rings is 1. The summed E-state index contributed by atoms with van der Waals surface area (Å²) in [4.78, 5) is 36.9. The molecule has 0 radical (unpaired) electrons. The van der Waals surface area contributed by atoms with Crippen molar-refractivity contribution in [1.29, 1.82) is 0 Å². The molecule has 0 saturated carbocycles. The molecule has 3 N–H and O–H groups in total. The van der Waals surface area contributed by atoms with E-state index in [0.717, 1.165) is 16.2 Å². The number of hydrogen-bond donors (Lipinski definition) is 3. The van der Waals surface area contributed by atoms with Crippen molar-refractivity contribution >= 4 is 23.5 Å². The Labute approximate surface area is 175 Å². The van der Waals surface area contributed by atoms with Crippen LogP contribution in [0.15, 0.2) is 48.5 Å². The molecule has 30 heavy (non-hydrogen) atoms. The average Bonchev–Trinajstić information content (AvgIpc) is 2.73. The molecule has 1 fully saturated rings. The lowest BCUT2D eigenvalue weighted by molar-refractivity contribution is -0.909. The Kier molecular flexibility index (Phi) is 7.03. The minimum atomic E-state index is -0.637. The first-order chi connectivity index (χ1) is 14.4. The van der Waals surface area contributed by atoms with Crippen LogP contribution in [0.1, 0.15) is 12.0 Å². The zero-order valence-electron chi connectivity index (χ0n) is 17.1. The predicted molar refractivity (Wildman–Crippen MR) is 110 cm³/mol. The van der Waals surface area contributed by atoms with Crippen LogP contribution >= 0.6 is 0 Å². The van der Waals surface area contributed by atoms with Gasteiger partial charge >= 0.3 is 5.97 Å². The van der Waals surface area contributed by atoms with E-state index >= 15 is 0 Å². The molecular formula is C22H26N3O5+. The van der Waals surface area contributed by atoms with Crippen LogP contribution in [0.4, 0.5) is 5.69 Å². The van der Waals surface area contributed by atoms with Gasteiger partial charge in [-0.05, 0) is 43.3 Å². The second-order valence-corrected chi connectivity index (χ2v) is 7.20. The quantitative estimate of drug-likeness (QED) is 0.581. The number of esters is 1. The maximum absolute atomic E-state index is 12.5. The molecule has 1 aliphatic heterocycles. The van der Waals surface area contributed by atoms with Gasteiger partial charge in [0.1, 0.15) is 17.9 Å². The van der Waals surface area contributed by atoms with Gasteiger partial charge in [-0.15, -0.1) is 0 Å². The van der Waals surface area contributed by atoms with Crippen LogP contribution < -0.4 is 20.3 Å². The number of carbonyl (C=O) groups excluding carboxylic acids is 3. The van der Waals surface area contributed by atoms with E-state index in [0.29, 0.717) is 24.5 Å². The number of nitrogens with one attached hydrogen (secondary N) is 3. The summed E-state index contributed by atoms with van der Waals surface area (Å²) in [7, 11) is 1.28. The van der Waals surface area contributed by atoms with Gasteiger partial charge in [0.15, 0.2) is 12.6 Å². The third-order valence-electron chi connectivity index (χ3n) is 4.94. The number of benzene rings is 2. The van der Waals surface area contributed by atoms with E-state index in [2.05, 4.69) is 15.4 Å². The molecule has 1 heterocycles. The van der Waals surface area contributed by atoms with Gasteiger partial charge in [0.25, 0.3) is 11.8 Å². The van der Waals surface area contributed by atoms with Crippen LogP contribution in [0.3, 0.4) is 0 Å². The normalized spacial score (nSPS) is 18.3. The summed E-state index contributed by atoms with van der Waals surface area (Å²) in [6.45, 7) is 3.11. The fourth-order valence-electron chi connectivity index (χ4n) is 3.29. The molecule has 0 aromatic heterocycles. The van der Waals surface area contributed by atoms with Crippen molar-refractivity contribution in [1.82, 2.24) is 5.32 Å². The zero-order valence-corrected chi connectivity index (χ0v) is 17.1. The average molecular weight is 412 g/mol. The highest BCUT2D eigenvalue weighted by Crippen LogP contribution is 2.23. The van der Waals surface area contributed by atoms with Crippen molar-refractivity contribution in [2.75, 3.05) is 32.1 Å². The van der Waals surface area contributed by atoms with Crippen molar-refractivity contribution in [3.05, 3.63) is 54.1 Å². The number of anilines is 1. The summed E-state index contributed by atoms with van der Waals surface area (Å²) in [6.07, 6.45) is -0.0595. The van der Waals surface area contributed by atoms with Crippen molar-refractivity contribution in [3.63, 3.8) is 0 Å². The van der Waals surface area contributed by atoms with Gasteiger partial charge in [0.05, 0.1) is 20.2 Å². The fraction of sp³-hybridized carbons (Fsp3) is 0.318. The number of amides is 2. The number of ether oxygens (including phenoxy) is 2. The Morgan fingerprint density at radius 3 is 2.37 bits per heavy atom. The lowest BCUT2D eigenvalue weighted by atomic mass is 10.1. The lowest BCUT2D eigenvalue weighted by Gasteiger charge is -2.30. The predicted octanol–water partition coefficient (Wildman–Crippen LogP) is 0.672. The highest BCUT2D eigenvalue weighted by atomic mass is 16.5. The summed E-state index contributed by atoms with van der Waals surface area (Å²) in [5.41, 5.74) is 1.78. The second-order valence-electron chi connectivity index (χ2n) is 7.20. The number of methoxy groups -OCH3 is 1. The minimum absolute atomic E-state index is 0.0595. The molecule has 2 atom stereocenters. The van der Waals surface area contributed by atoms with Crippen molar-refractivity contribution in [3.8, 4) is 11.5 Å². The molecule has 2 aromatic rings. The van der Waals surface area contributed by atoms with Crippen molar-refractivity contribution < 1.29 is 28.8 Å². The van der Waals surface area contributed by atoms with Gasteiger partial charge in [0, 0.05) is 5.69 Å². The minimum Gasteiger partial charge on any atom is -0.469 e. The van der Waals surface area contributed by atoms with Crippen molar-refractivity contribution in [2.45, 2.75) is 19.4 Å². The smallest absolute Gasteiger partial charge is 0.312 e. The molecule has 2 amide bonds. The van der Waals surface area contributed by atoms with E-state index in [1.165, 1.54) is 7.11 Å². The Morgan fingerprint density at radius 1 is 1.10 bits per heavy atom. The van der Waals surface area contributed by atoms with Gasteiger partial charge in [-0.25, -0.2) is 0 Å². The number of carbonyl (C=O) groups is 3. The highest BCUT2D eigenvalue weighted by Gasteiger charge is 2.36. The lowest BCUT2D eigenvalue weighted by Crippen LogP contribution is -3.20. The molecule has 0 bridgehead atoms. The van der Waals surface area contributed by atoms with E-state index < -0.39 is 12.0 Å². The summed E-state index contributed by atoms with van der Waals surface area (Å²) in [5.74, 6) is 0.447. The van der Waals surface area contributed by atoms with E-state index in [1.54, 1.807) is 24.3 Å². The summed E-state index contributed by atoms with van der Waals surface area (Å²) in [5, 5.41) is 5.56. The van der Waals surface area contributed by atoms with E-state index in [1.807, 2.05) is 31.2 Å². The summed E-state index contributed by atoms with van der Waals surface area (Å²) < 4.78 is 10.4. The molecule has 1 unspecified atom stereocenters. The summed E-state index contributed by atoms with van der Waals surface area (Å²) in [6, 6.07) is 14.2. The van der Waals surface area contributed by atoms with Gasteiger partial charge in [-0.3, -0.25) is 14.4 Å². The number of quaternary nitrogens is 1. The first kappa shape index (κ1) is 21.3. The zero-order chi connectivity index (χ0) is 21.5. The molecule has 0 spiro atoms. The van der Waals surface area contributed by atoms with Crippen LogP contribution in [-0.4, -0.2) is 50.6 Å².